The fourth-order valence-electron chi connectivity index (χ4n) is 3.16. The van der Waals surface area contributed by atoms with Crippen molar-refractivity contribution in [3.63, 3.8) is 0 Å². The van der Waals surface area contributed by atoms with Crippen LogP contribution < -0.4 is 5.32 Å². The molecule has 0 unspecified atom stereocenters. The molecular weight excluding hydrogens is 254 g/mol. The molecule has 0 aromatic rings. The first-order valence-corrected chi connectivity index (χ1v) is 6.98. The highest BCUT2D eigenvalue weighted by Crippen LogP contribution is 2.28. The lowest BCUT2D eigenvalue weighted by Crippen LogP contribution is -2.49. The summed E-state index contributed by atoms with van der Waals surface area (Å²) >= 11 is 0. The average molecular weight is 278 g/mol. The van der Waals surface area contributed by atoms with Crippen LogP contribution in [-0.2, 0) is 14.2 Å². The van der Waals surface area contributed by atoms with Gasteiger partial charge in [0.2, 0.25) is 0 Å². The Morgan fingerprint density at radius 2 is 1.89 bits per heavy atom. The zero-order chi connectivity index (χ0) is 11.5. The van der Waals surface area contributed by atoms with Crippen molar-refractivity contribution in [1.82, 2.24) is 5.32 Å². The van der Waals surface area contributed by atoms with Crippen molar-refractivity contribution in [2.45, 2.75) is 43.9 Å². The quantitative estimate of drug-likeness (QED) is 0.846. The Labute approximate surface area is 115 Å². The molecule has 3 atom stereocenters. The molecule has 0 aromatic carbocycles. The molecular formula is C13H24ClNO3. The molecule has 0 amide bonds. The molecule has 3 aliphatic rings. The average Bonchev–Trinajstić information content (AvgIpc) is 2.81. The second kappa shape index (κ2) is 7.06. The molecule has 106 valence electrons. The summed E-state index contributed by atoms with van der Waals surface area (Å²) in [5.41, 5.74) is 0. The number of hydrogen-bond acceptors (Lipinski definition) is 4. The van der Waals surface area contributed by atoms with E-state index < -0.39 is 0 Å². The maximum atomic E-state index is 6.09. The van der Waals surface area contributed by atoms with Gasteiger partial charge < -0.3 is 19.5 Å². The van der Waals surface area contributed by atoms with Crippen LogP contribution in [0.3, 0.4) is 0 Å². The molecule has 0 spiro atoms. The summed E-state index contributed by atoms with van der Waals surface area (Å²) in [6, 6.07) is 0.531. The predicted octanol–water partition coefficient (Wildman–Crippen LogP) is 1.37. The molecule has 0 aromatic heterocycles. The third-order valence-corrected chi connectivity index (χ3v) is 4.23. The Balaban J connectivity index is 0.00000120. The standard InChI is InChI=1S/C13H23NO3.ClH/c1-2-12(13-11(1)14-5-8-16-13)17-9-10-3-6-15-7-4-10;/h10-14H,1-9H2;1H/t11-,12+,13+;/m0./s1. The third-order valence-electron chi connectivity index (χ3n) is 4.23. The molecule has 0 bridgehead atoms. The Bertz CT molecular complexity index is 248. The van der Waals surface area contributed by atoms with Crippen molar-refractivity contribution in [3.8, 4) is 0 Å². The van der Waals surface area contributed by atoms with Crippen LogP contribution >= 0.6 is 12.4 Å². The zero-order valence-corrected chi connectivity index (χ0v) is 11.6. The van der Waals surface area contributed by atoms with Crippen molar-refractivity contribution in [2.24, 2.45) is 5.92 Å². The van der Waals surface area contributed by atoms with E-state index in [2.05, 4.69) is 5.32 Å². The number of nitrogens with one attached hydrogen (secondary N) is 1. The third kappa shape index (κ3) is 3.36. The van der Waals surface area contributed by atoms with Crippen LogP contribution in [0.4, 0.5) is 0 Å². The van der Waals surface area contributed by atoms with E-state index in [1.165, 1.54) is 6.42 Å². The van der Waals surface area contributed by atoms with E-state index in [4.69, 9.17) is 14.2 Å². The first-order chi connectivity index (χ1) is 8.43. The lowest BCUT2D eigenvalue weighted by Gasteiger charge is -2.31. The van der Waals surface area contributed by atoms with Gasteiger partial charge in [0.25, 0.3) is 0 Å². The lowest BCUT2D eigenvalue weighted by molar-refractivity contribution is -0.0916. The number of hydrogen-bond donors (Lipinski definition) is 1. The first kappa shape index (κ1) is 14.5. The Morgan fingerprint density at radius 3 is 2.72 bits per heavy atom. The van der Waals surface area contributed by atoms with Gasteiger partial charge >= 0.3 is 0 Å². The smallest absolute Gasteiger partial charge is 0.0989 e. The fraction of sp³-hybridized carbons (Fsp3) is 1.00. The molecule has 0 radical (unpaired) electrons. The highest BCUT2D eigenvalue weighted by molar-refractivity contribution is 5.85. The number of rotatable bonds is 3. The normalized spacial score (nSPS) is 37.0. The molecule has 2 heterocycles. The SMILES string of the molecule is C1CO[C@@H]2[C@H](CC[C@H]2OCC2CCOCC2)N1.Cl. The van der Waals surface area contributed by atoms with Crippen molar-refractivity contribution >= 4 is 12.4 Å². The van der Waals surface area contributed by atoms with E-state index in [1.807, 2.05) is 0 Å². The second-order valence-corrected chi connectivity index (χ2v) is 5.40. The molecule has 3 fully saturated rings. The Morgan fingerprint density at radius 1 is 1.06 bits per heavy atom. The monoisotopic (exact) mass is 277 g/mol. The van der Waals surface area contributed by atoms with Crippen molar-refractivity contribution in [3.05, 3.63) is 0 Å². The maximum absolute atomic E-state index is 6.09. The lowest BCUT2D eigenvalue weighted by atomic mass is 10.0. The molecule has 5 heteroatoms. The van der Waals surface area contributed by atoms with Gasteiger partial charge in [0, 0.05) is 25.8 Å². The number of morpholine rings is 1. The van der Waals surface area contributed by atoms with Gasteiger partial charge in [0.15, 0.2) is 0 Å². The molecule has 2 aliphatic heterocycles. The summed E-state index contributed by atoms with van der Waals surface area (Å²) in [4.78, 5) is 0. The number of ether oxygens (including phenoxy) is 3. The minimum Gasteiger partial charge on any atom is -0.381 e. The summed E-state index contributed by atoms with van der Waals surface area (Å²) in [6.07, 6.45) is 5.26. The van der Waals surface area contributed by atoms with Crippen LogP contribution in [0.25, 0.3) is 0 Å². The van der Waals surface area contributed by atoms with E-state index in [0.717, 1.165) is 52.2 Å². The minimum absolute atomic E-state index is 0. The summed E-state index contributed by atoms with van der Waals surface area (Å²) in [5, 5.41) is 3.52. The van der Waals surface area contributed by atoms with Crippen molar-refractivity contribution in [2.75, 3.05) is 33.0 Å². The molecule has 4 nitrogen and oxygen atoms in total. The van der Waals surface area contributed by atoms with Gasteiger partial charge in [-0.2, -0.15) is 0 Å². The van der Waals surface area contributed by atoms with Gasteiger partial charge in [-0.3, -0.25) is 0 Å². The van der Waals surface area contributed by atoms with Crippen molar-refractivity contribution in [1.29, 1.82) is 0 Å². The summed E-state index contributed by atoms with van der Waals surface area (Å²) in [5.74, 6) is 0.694. The van der Waals surface area contributed by atoms with Crippen LogP contribution in [0.1, 0.15) is 25.7 Å². The molecule has 1 N–H and O–H groups in total. The highest BCUT2D eigenvalue weighted by Gasteiger charge is 2.39. The zero-order valence-electron chi connectivity index (χ0n) is 10.8. The number of fused-ring (bicyclic) bond motifs is 1. The largest absolute Gasteiger partial charge is 0.381 e. The van der Waals surface area contributed by atoms with Crippen LogP contribution in [-0.4, -0.2) is 51.2 Å². The molecule has 1 aliphatic carbocycles. The summed E-state index contributed by atoms with van der Waals surface area (Å²) < 4.78 is 17.3. The van der Waals surface area contributed by atoms with Gasteiger partial charge in [0.1, 0.15) is 0 Å². The highest BCUT2D eigenvalue weighted by atomic mass is 35.5. The fourth-order valence-corrected chi connectivity index (χ4v) is 3.16. The number of halogens is 1. The van der Waals surface area contributed by atoms with Crippen LogP contribution in [0.2, 0.25) is 0 Å². The maximum Gasteiger partial charge on any atom is 0.0989 e. The van der Waals surface area contributed by atoms with Gasteiger partial charge in [-0.15, -0.1) is 12.4 Å². The topological polar surface area (TPSA) is 39.7 Å². The summed E-state index contributed by atoms with van der Waals surface area (Å²) in [6.45, 7) is 4.53. The Hall–Kier alpha value is 0.130. The second-order valence-electron chi connectivity index (χ2n) is 5.40. The van der Waals surface area contributed by atoms with Gasteiger partial charge in [0.05, 0.1) is 25.4 Å². The molecule has 3 rings (SSSR count). The van der Waals surface area contributed by atoms with Crippen LogP contribution in [0.15, 0.2) is 0 Å². The van der Waals surface area contributed by atoms with Gasteiger partial charge in [-0.05, 0) is 31.6 Å². The van der Waals surface area contributed by atoms with Crippen molar-refractivity contribution < 1.29 is 14.2 Å². The predicted molar refractivity (Wildman–Crippen MR) is 71.3 cm³/mol. The molecule has 18 heavy (non-hydrogen) atoms. The van der Waals surface area contributed by atoms with E-state index in [1.54, 1.807) is 0 Å². The summed E-state index contributed by atoms with van der Waals surface area (Å²) in [7, 11) is 0. The molecule has 1 saturated carbocycles. The molecule has 2 saturated heterocycles. The van der Waals surface area contributed by atoms with E-state index in [-0.39, 0.29) is 12.4 Å². The van der Waals surface area contributed by atoms with E-state index >= 15 is 0 Å². The van der Waals surface area contributed by atoms with Crippen LogP contribution in [0, 0.1) is 5.92 Å². The van der Waals surface area contributed by atoms with E-state index in [0.29, 0.717) is 24.2 Å². The van der Waals surface area contributed by atoms with Gasteiger partial charge in [-0.1, -0.05) is 0 Å². The van der Waals surface area contributed by atoms with Gasteiger partial charge in [-0.25, -0.2) is 0 Å². The Kier molecular flexibility index (Phi) is 5.70. The minimum atomic E-state index is 0. The first-order valence-electron chi connectivity index (χ1n) is 6.98. The van der Waals surface area contributed by atoms with E-state index in [9.17, 15) is 0 Å². The van der Waals surface area contributed by atoms with Crippen LogP contribution in [0.5, 0.6) is 0 Å².